The lowest BCUT2D eigenvalue weighted by atomic mass is 10.1. The third kappa shape index (κ3) is 4.26. The number of nitrogens with zero attached hydrogens (tertiary/aromatic N) is 1. The Morgan fingerprint density at radius 1 is 1.29 bits per heavy atom. The van der Waals surface area contributed by atoms with Crippen molar-refractivity contribution in [1.82, 2.24) is 10.6 Å². The molecule has 6 heteroatoms. The van der Waals surface area contributed by atoms with Crippen LogP contribution in [0.3, 0.4) is 0 Å². The number of amides is 2. The number of nitrogens with one attached hydrogen (secondary N) is 2. The quantitative estimate of drug-likeness (QED) is 0.721. The van der Waals surface area contributed by atoms with Crippen LogP contribution in [0.1, 0.15) is 12.8 Å². The molecule has 2 amide bonds. The standard InChI is InChI=1S/C18H24FN3O2/c19-15-2-5-17(6-3-15)22-8-7-14(11-22)10-20-18(24)21-16-4-1-13(9-16)12-23/h1-6,13-14,16,23H,7-12H2,(H2,20,21,24)/t13-,14?,16+/m0/s1. The van der Waals surface area contributed by atoms with Crippen molar-refractivity contribution in [3.05, 3.63) is 42.2 Å². The van der Waals surface area contributed by atoms with Gasteiger partial charge < -0.3 is 20.6 Å². The van der Waals surface area contributed by atoms with Gasteiger partial charge in [0.25, 0.3) is 0 Å². The maximum atomic E-state index is 13.0. The van der Waals surface area contributed by atoms with Gasteiger partial charge >= 0.3 is 6.03 Å². The molecule has 0 radical (unpaired) electrons. The summed E-state index contributed by atoms with van der Waals surface area (Å²) in [5.74, 6) is 0.316. The third-order valence-corrected chi connectivity index (χ3v) is 4.75. The van der Waals surface area contributed by atoms with Gasteiger partial charge in [0, 0.05) is 43.9 Å². The molecule has 24 heavy (non-hydrogen) atoms. The number of hydrogen-bond acceptors (Lipinski definition) is 3. The van der Waals surface area contributed by atoms with Crippen LogP contribution in [0.4, 0.5) is 14.9 Å². The zero-order chi connectivity index (χ0) is 16.9. The molecule has 3 rings (SSSR count). The Bertz CT molecular complexity index is 590. The van der Waals surface area contributed by atoms with Crippen LogP contribution in [0.2, 0.25) is 0 Å². The molecule has 1 fully saturated rings. The zero-order valence-corrected chi connectivity index (χ0v) is 13.6. The van der Waals surface area contributed by atoms with E-state index in [1.807, 2.05) is 12.2 Å². The minimum absolute atomic E-state index is 0.00133. The second kappa shape index (κ2) is 7.66. The van der Waals surface area contributed by atoms with Gasteiger partial charge in [-0.05, 0) is 43.0 Å². The number of halogens is 1. The van der Waals surface area contributed by atoms with E-state index < -0.39 is 0 Å². The van der Waals surface area contributed by atoms with Crippen LogP contribution < -0.4 is 15.5 Å². The first-order chi connectivity index (χ1) is 11.6. The predicted octanol–water partition coefficient (Wildman–Crippen LogP) is 1.89. The molecule has 0 saturated carbocycles. The average Bonchev–Trinajstić information content (AvgIpc) is 3.23. The highest BCUT2D eigenvalue weighted by Crippen LogP contribution is 2.23. The summed E-state index contributed by atoms with van der Waals surface area (Å²) >= 11 is 0. The van der Waals surface area contributed by atoms with Crippen LogP contribution in [0.25, 0.3) is 0 Å². The Hall–Kier alpha value is -2.08. The molecule has 1 unspecified atom stereocenters. The van der Waals surface area contributed by atoms with E-state index in [9.17, 15) is 9.18 Å². The van der Waals surface area contributed by atoms with E-state index in [1.54, 1.807) is 12.1 Å². The molecule has 0 aromatic heterocycles. The first-order valence-electron chi connectivity index (χ1n) is 8.48. The van der Waals surface area contributed by atoms with Crippen molar-refractivity contribution in [2.45, 2.75) is 18.9 Å². The molecule has 3 N–H and O–H groups in total. The van der Waals surface area contributed by atoms with Crippen LogP contribution in [0, 0.1) is 17.7 Å². The molecule has 1 heterocycles. The SMILES string of the molecule is O=C(NCC1CCN(c2ccc(F)cc2)C1)N[C@@H]1C=C[C@H](CO)C1. The second-order valence-corrected chi connectivity index (χ2v) is 6.60. The van der Waals surface area contributed by atoms with Crippen molar-refractivity contribution >= 4 is 11.7 Å². The van der Waals surface area contributed by atoms with Crippen molar-refractivity contribution in [3.63, 3.8) is 0 Å². The van der Waals surface area contributed by atoms with Crippen LogP contribution in [0.5, 0.6) is 0 Å². The topological polar surface area (TPSA) is 64.6 Å². The lowest BCUT2D eigenvalue weighted by Crippen LogP contribution is -2.43. The van der Waals surface area contributed by atoms with Gasteiger partial charge in [-0.25, -0.2) is 9.18 Å². The molecular weight excluding hydrogens is 309 g/mol. The minimum Gasteiger partial charge on any atom is -0.396 e. The Kier molecular flexibility index (Phi) is 5.35. The van der Waals surface area contributed by atoms with Gasteiger partial charge in [-0.1, -0.05) is 12.2 Å². The molecule has 0 spiro atoms. The fraction of sp³-hybridized carbons (Fsp3) is 0.500. The fourth-order valence-corrected chi connectivity index (χ4v) is 3.36. The largest absolute Gasteiger partial charge is 0.396 e. The maximum Gasteiger partial charge on any atom is 0.315 e. The number of rotatable bonds is 5. The Morgan fingerprint density at radius 3 is 2.79 bits per heavy atom. The first-order valence-corrected chi connectivity index (χ1v) is 8.48. The van der Waals surface area contributed by atoms with E-state index in [2.05, 4.69) is 15.5 Å². The molecule has 3 atom stereocenters. The monoisotopic (exact) mass is 333 g/mol. The minimum atomic E-state index is -0.225. The summed E-state index contributed by atoms with van der Waals surface area (Å²) in [6, 6.07) is 6.38. The average molecular weight is 333 g/mol. The Morgan fingerprint density at radius 2 is 2.08 bits per heavy atom. The van der Waals surface area contributed by atoms with E-state index >= 15 is 0 Å². The van der Waals surface area contributed by atoms with Crippen molar-refractivity contribution in [1.29, 1.82) is 0 Å². The molecule has 1 aliphatic carbocycles. The Balaban J connectivity index is 1.39. The number of aliphatic hydroxyl groups is 1. The number of urea groups is 1. The van der Waals surface area contributed by atoms with E-state index in [1.165, 1.54) is 12.1 Å². The molecule has 1 aromatic rings. The zero-order valence-electron chi connectivity index (χ0n) is 13.6. The first kappa shape index (κ1) is 16.8. The molecular formula is C18H24FN3O2. The summed E-state index contributed by atoms with van der Waals surface area (Å²) in [6.45, 7) is 2.53. The lowest BCUT2D eigenvalue weighted by Gasteiger charge is -2.19. The molecule has 1 saturated heterocycles. The summed E-state index contributed by atoms with van der Waals surface area (Å²) in [4.78, 5) is 14.2. The predicted molar refractivity (Wildman–Crippen MR) is 91.4 cm³/mol. The van der Waals surface area contributed by atoms with Gasteiger partial charge in [-0.2, -0.15) is 0 Å². The van der Waals surface area contributed by atoms with E-state index in [-0.39, 0.29) is 30.4 Å². The maximum absolute atomic E-state index is 13.0. The number of carbonyl (C=O) groups is 1. The Labute approximate surface area is 141 Å². The normalized spacial score (nSPS) is 25.9. The van der Waals surface area contributed by atoms with Crippen LogP contribution >= 0.6 is 0 Å². The molecule has 0 bridgehead atoms. The highest BCUT2D eigenvalue weighted by atomic mass is 19.1. The molecule has 2 aliphatic rings. The molecule has 1 aromatic carbocycles. The summed E-state index contributed by atoms with van der Waals surface area (Å²) < 4.78 is 13.0. The van der Waals surface area contributed by atoms with E-state index in [0.717, 1.165) is 31.6 Å². The summed E-state index contributed by atoms with van der Waals surface area (Å²) in [7, 11) is 0. The summed E-state index contributed by atoms with van der Waals surface area (Å²) in [5, 5.41) is 14.9. The van der Waals surface area contributed by atoms with Crippen molar-refractivity contribution in [2.75, 3.05) is 31.1 Å². The number of carbonyl (C=O) groups excluding carboxylic acids is 1. The summed E-state index contributed by atoms with van der Waals surface area (Å²) in [6.07, 6.45) is 5.65. The van der Waals surface area contributed by atoms with Gasteiger partial charge in [0.2, 0.25) is 0 Å². The number of aliphatic hydroxyl groups excluding tert-OH is 1. The van der Waals surface area contributed by atoms with Crippen LogP contribution in [0.15, 0.2) is 36.4 Å². The van der Waals surface area contributed by atoms with Gasteiger partial charge in [0.05, 0.1) is 0 Å². The van der Waals surface area contributed by atoms with Crippen LogP contribution in [-0.2, 0) is 0 Å². The highest BCUT2D eigenvalue weighted by molar-refractivity contribution is 5.74. The molecule has 1 aliphatic heterocycles. The number of hydrogen-bond donors (Lipinski definition) is 3. The van der Waals surface area contributed by atoms with E-state index in [4.69, 9.17) is 5.11 Å². The second-order valence-electron chi connectivity index (χ2n) is 6.60. The number of anilines is 1. The molecule has 130 valence electrons. The lowest BCUT2D eigenvalue weighted by molar-refractivity contribution is 0.230. The van der Waals surface area contributed by atoms with Crippen LogP contribution in [-0.4, -0.2) is 43.4 Å². The summed E-state index contributed by atoms with van der Waals surface area (Å²) in [5.41, 5.74) is 1.02. The van der Waals surface area contributed by atoms with Crippen molar-refractivity contribution in [2.24, 2.45) is 11.8 Å². The fourth-order valence-electron chi connectivity index (χ4n) is 3.36. The number of benzene rings is 1. The van der Waals surface area contributed by atoms with E-state index in [0.29, 0.717) is 12.5 Å². The van der Waals surface area contributed by atoms with Crippen molar-refractivity contribution in [3.8, 4) is 0 Å². The third-order valence-electron chi connectivity index (χ3n) is 4.75. The van der Waals surface area contributed by atoms with Gasteiger partial charge in [-0.3, -0.25) is 0 Å². The van der Waals surface area contributed by atoms with Gasteiger partial charge in [0.1, 0.15) is 5.82 Å². The van der Waals surface area contributed by atoms with Gasteiger partial charge in [-0.15, -0.1) is 0 Å². The van der Waals surface area contributed by atoms with Crippen molar-refractivity contribution < 1.29 is 14.3 Å². The smallest absolute Gasteiger partial charge is 0.315 e. The highest BCUT2D eigenvalue weighted by Gasteiger charge is 2.24. The molecule has 5 nitrogen and oxygen atoms in total. The van der Waals surface area contributed by atoms with Gasteiger partial charge in [0.15, 0.2) is 0 Å².